The zero-order valence-electron chi connectivity index (χ0n) is 14.9. The summed E-state index contributed by atoms with van der Waals surface area (Å²) >= 11 is 1.30. The van der Waals surface area contributed by atoms with Crippen molar-refractivity contribution in [2.45, 2.75) is 33.2 Å². The van der Waals surface area contributed by atoms with Crippen molar-refractivity contribution in [3.05, 3.63) is 41.0 Å². The molecule has 0 radical (unpaired) electrons. The molecular formula is C18H21N5O2S. The van der Waals surface area contributed by atoms with E-state index in [0.717, 1.165) is 21.5 Å². The van der Waals surface area contributed by atoms with E-state index in [4.69, 9.17) is 0 Å². The molecular weight excluding hydrogens is 350 g/mol. The molecule has 0 bridgehead atoms. The summed E-state index contributed by atoms with van der Waals surface area (Å²) in [4.78, 5) is 28.1. The fourth-order valence-electron chi connectivity index (χ4n) is 2.61. The summed E-state index contributed by atoms with van der Waals surface area (Å²) in [6.07, 6.45) is 2.26. The number of hydrogen-bond donors (Lipinski definition) is 3. The summed E-state index contributed by atoms with van der Waals surface area (Å²) in [6.45, 7) is 5.41. The van der Waals surface area contributed by atoms with Crippen LogP contribution in [0.4, 0.5) is 5.13 Å². The number of H-pyrrole nitrogens is 1. The Morgan fingerprint density at radius 1 is 1.19 bits per heavy atom. The molecule has 3 aromatic rings. The van der Waals surface area contributed by atoms with Gasteiger partial charge in [0, 0.05) is 29.4 Å². The molecule has 0 aliphatic rings. The molecule has 3 N–H and O–H groups in total. The maximum Gasteiger partial charge on any atom is 0.249 e. The van der Waals surface area contributed by atoms with E-state index in [2.05, 4.69) is 25.8 Å². The van der Waals surface area contributed by atoms with Crippen molar-refractivity contribution >= 4 is 39.2 Å². The van der Waals surface area contributed by atoms with Crippen LogP contribution in [0, 0.1) is 12.8 Å². The van der Waals surface area contributed by atoms with Gasteiger partial charge in [0.1, 0.15) is 11.0 Å². The van der Waals surface area contributed by atoms with Gasteiger partial charge in [0.25, 0.3) is 0 Å². The molecule has 1 atom stereocenters. The Morgan fingerprint density at radius 3 is 2.65 bits per heavy atom. The topological polar surface area (TPSA) is 99.8 Å². The van der Waals surface area contributed by atoms with E-state index < -0.39 is 6.04 Å². The third kappa shape index (κ3) is 4.08. The van der Waals surface area contributed by atoms with E-state index >= 15 is 0 Å². The van der Waals surface area contributed by atoms with Crippen LogP contribution in [0.1, 0.15) is 24.4 Å². The Labute approximate surface area is 155 Å². The fourth-order valence-corrected chi connectivity index (χ4v) is 3.20. The molecule has 0 aliphatic heterocycles. The minimum absolute atomic E-state index is 0.168. The molecule has 1 aromatic carbocycles. The number of anilines is 1. The molecule has 26 heavy (non-hydrogen) atoms. The lowest BCUT2D eigenvalue weighted by atomic mass is 10.0. The predicted molar refractivity (Wildman–Crippen MR) is 102 cm³/mol. The maximum absolute atomic E-state index is 12.7. The van der Waals surface area contributed by atoms with E-state index in [-0.39, 0.29) is 17.7 Å². The molecule has 136 valence electrons. The normalized spacial score (nSPS) is 12.3. The third-order valence-electron chi connectivity index (χ3n) is 4.01. The summed E-state index contributed by atoms with van der Waals surface area (Å²) in [7, 11) is 0. The number of aromatic nitrogens is 3. The number of rotatable bonds is 6. The van der Waals surface area contributed by atoms with Crippen LogP contribution in [0.2, 0.25) is 0 Å². The van der Waals surface area contributed by atoms with Crippen molar-refractivity contribution < 1.29 is 9.59 Å². The molecule has 1 unspecified atom stereocenters. The van der Waals surface area contributed by atoms with Gasteiger partial charge < -0.3 is 10.3 Å². The van der Waals surface area contributed by atoms with Crippen molar-refractivity contribution in [3.63, 3.8) is 0 Å². The second-order valence-electron chi connectivity index (χ2n) is 6.39. The lowest BCUT2D eigenvalue weighted by Gasteiger charge is -2.18. The van der Waals surface area contributed by atoms with E-state index in [1.807, 2.05) is 37.4 Å². The van der Waals surface area contributed by atoms with E-state index in [9.17, 15) is 9.59 Å². The average molecular weight is 371 g/mol. The number of nitrogens with zero attached hydrogens (tertiary/aromatic N) is 2. The molecule has 8 heteroatoms. The zero-order chi connectivity index (χ0) is 18.7. The van der Waals surface area contributed by atoms with Gasteiger partial charge in [-0.2, -0.15) is 0 Å². The van der Waals surface area contributed by atoms with Gasteiger partial charge in [0.05, 0.1) is 0 Å². The van der Waals surface area contributed by atoms with Gasteiger partial charge in [-0.3, -0.25) is 14.9 Å². The first-order chi connectivity index (χ1) is 12.4. The third-order valence-corrected chi connectivity index (χ3v) is 4.77. The number of para-hydroxylation sites is 1. The summed E-state index contributed by atoms with van der Waals surface area (Å²) in [5.74, 6) is -0.684. The van der Waals surface area contributed by atoms with Crippen LogP contribution in [0.3, 0.4) is 0 Å². The lowest BCUT2D eigenvalue weighted by molar-refractivity contribution is -0.128. The van der Waals surface area contributed by atoms with Gasteiger partial charge in [-0.05, 0) is 18.6 Å². The first-order valence-electron chi connectivity index (χ1n) is 8.40. The van der Waals surface area contributed by atoms with Crippen LogP contribution >= 0.6 is 11.3 Å². The summed E-state index contributed by atoms with van der Waals surface area (Å²) in [6, 6.07) is 7.17. The van der Waals surface area contributed by atoms with Crippen LogP contribution < -0.4 is 10.6 Å². The highest BCUT2D eigenvalue weighted by Crippen LogP contribution is 2.20. The monoisotopic (exact) mass is 371 g/mol. The molecule has 0 saturated heterocycles. The highest BCUT2D eigenvalue weighted by atomic mass is 32.1. The van der Waals surface area contributed by atoms with Gasteiger partial charge >= 0.3 is 0 Å². The van der Waals surface area contributed by atoms with Crippen LogP contribution in [0.25, 0.3) is 10.9 Å². The fraction of sp³-hybridized carbons (Fsp3) is 0.333. The van der Waals surface area contributed by atoms with Crippen molar-refractivity contribution in [3.8, 4) is 0 Å². The molecule has 0 aliphatic carbocycles. The Morgan fingerprint density at radius 2 is 1.96 bits per heavy atom. The first kappa shape index (κ1) is 18.1. The Balaban J connectivity index is 1.82. The number of carbonyl (C=O) groups excluding carboxylic acids is 2. The van der Waals surface area contributed by atoms with Gasteiger partial charge in [-0.15, -0.1) is 10.2 Å². The largest absolute Gasteiger partial charge is 0.361 e. The molecule has 0 fully saturated rings. The Hall–Kier alpha value is -2.74. The molecule has 2 aromatic heterocycles. The second kappa shape index (κ2) is 7.65. The molecule has 2 amide bonds. The summed E-state index contributed by atoms with van der Waals surface area (Å²) in [5.41, 5.74) is 1.97. The maximum atomic E-state index is 12.7. The highest BCUT2D eigenvalue weighted by molar-refractivity contribution is 7.15. The van der Waals surface area contributed by atoms with Crippen LogP contribution in [0.5, 0.6) is 0 Å². The molecule has 0 saturated carbocycles. The zero-order valence-corrected chi connectivity index (χ0v) is 15.7. The molecule has 7 nitrogen and oxygen atoms in total. The quantitative estimate of drug-likeness (QED) is 0.620. The SMILES string of the molecule is Cc1nnc(NC(=O)C(Cc2c[nH]c3ccccc23)NC(=O)C(C)C)s1. The summed E-state index contributed by atoms with van der Waals surface area (Å²) < 4.78 is 0. The van der Waals surface area contributed by atoms with Crippen molar-refractivity contribution in [1.82, 2.24) is 20.5 Å². The number of hydrogen-bond acceptors (Lipinski definition) is 5. The van der Waals surface area contributed by atoms with Crippen LogP contribution in [-0.2, 0) is 16.0 Å². The van der Waals surface area contributed by atoms with Gasteiger partial charge in [-0.1, -0.05) is 43.4 Å². The summed E-state index contributed by atoms with van der Waals surface area (Å²) in [5, 5.41) is 15.6. The minimum Gasteiger partial charge on any atom is -0.361 e. The Kier molecular flexibility index (Phi) is 5.32. The van der Waals surface area contributed by atoms with Gasteiger partial charge in [-0.25, -0.2) is 0 Å². The number of benzene rings is 1. The van der Waals surface area contributed by atoms with Crippen LogP contribution in [-0.4, -0.2) is 33.0 Å². The molecule has 0 spiro atoms. The van der Waals surface area contributed by atoms with Crippen LogP contribution in [0.15, 0.2) is 30.5 Å². The smallest absolute Gasteiger partial charge is 0.249 e. The van der Waals surface area contributed by atoms with E-state index in [1.165, 1.54) is 11.3 Å². The minimum atomic E-state index is -0.701. The van der Waals surface area contributed by atoms with E-state index in [0.29, 0.717) is 11.6 Å². The number of nitrogens with one attached hydrogen (secondary N) is 3. The predicted octanol–water partition coefficient (Wildman–Crippen LogP) is 2.65. The second-order valence-corrected chi connectivity index (χ2v) is 7.58. The average Bonchev–Trinajstić information content (AvgIpc) is 3.20. The number of amides is 2. The standard InChI is InChI=1S/C18H21N5O2S/c1-10(2)16(24)20-15(17(25)21-18-23-22-11(3)26-18)8-12-9-19-14-7-5-4-6-13(12)14/h4-7,9-10,15,19H,8H2,1-3H3,(H,20,24)(H,21,23,25). The lowest BCUT2D eigenvalue weighted by Crippen LogP contribution is -2.46. The van der Waals surface area contributed by atoms with Crippen molar-refractivity contribution in [2.75, 3.05) is 5.32 Å². The van der Waals surface area contributed by atoms with Crippen molar-refractivity contribution in [1.29, 1.82) is 0 Å². The number of fused-ring (bicyclic) bond motifs is 1. The Bertz CT molecular complexity index is 930. The molecule has 3 rings (SSSR count). The highest BCUT2D eigenvalue weighted by Gasteiger charge is 2.24. The number of aryl methyl sites for hydroxylation is 1. The van der Waals surface area contributed by atoms with Gasteiger partial charge in [0.15, 0.2) is 0 Å². The van der Waals surface area contributed by atoms with Crippen molar-refractivity contribution in [2.24, 2.45) is 5.92 Å². The molecule has 2 heterocycles. The number of aromatic amines is 1. The van der Waals surface area contributed by atoms with Gasteiger partial charge in [0.2, 0.25) is 16.9 Å². The number of carbonyl (C=O) groups is 2. The van der Waals surface area contributed by atoms with E-state index in [1.54, 1.807) is 13.8 Å². The first-order valence-corrected chi connectivity index (χ1v) is 9.22.